The van der Waals surface area contributed by atoms with Crippen molar-refractivity contribution in [2.24, 2.45) is 17.6 Å². The fourth-order valence-corrected chi connectivity index (χ4v) is 4.91. The molecule has 10 heteroatoms. The number of imidazole rings is 1. The Balaban J connectivity index is 1.49. The van der Waals surface area contributed by atoms with Crippen molar-refractivity contribution in [3.63, 3.8) is 0 Å². The van der Waals surface area contributed by atoms with Gasteiger partial charge >= 0.3 is 0 Å². The molecule has 2 fully saturated rings. The second-order valence-corrected chi connectivity index (χ2v) is 9.11. The number of anilines is 2. The average Bonchev–Trinajstić information content (AvgIpc) is 3.28. The summed E-state index contributed by atoms with van der Waals surface area (Å²) >= 11 is 0. The van der Waals surface area contributed by atoms with E-state index in [9.17, 15) is 8.78 Å². The van der Waals surface area contributed by atoms with Crippen LogP contribution in [0.5, 0.6) is 0 Å². The van der Waals surface area contributed by atoms with Crippen molar-refractivity contribution in [2.45, 2.75) is 32.1 Å². The number of morpholine rings is 1. The zero-order valence-corrected chi connectivity index (χ0v) is 19.2. The number of para-hydroxylation sites is 2. The molecule has 1 aromatic carbocycles. The van der Waals surface area contributed by atoms with E-state index in [0.717, 1.165) is 38.8 Å². The molecule has 182 valence electrons. The van der Waals surface area contributed by atoms with Gasteiger partial charge in [-0.25, -0.2) is 13.8 Å². The molecule has 1 aliphatic carbocycles. The molecule has 1 saturated carbocycles. The minimum absolute atomic E-state index is 0.320. The van der Waals surface area contributed by atoms with E-state index in [4.69, 9.17) is 15.5 Å². The Bertz CT molecular complexity index is 1110. The number of nitrogens with one attached hydrogen (secondary N) is 1. The first-order chi connectivity index (χ1) is 16.6. The molecule has 2 aliphatic rings. The Morgan fingerprint density at radius 1 is 1.00 bits per heavy atom. The number of nitrogens with two attached hydrogens (primary N) is 1. The van der Waals surface area contributed by atoms with Gasteiger partial charge in [0, 0.05) is 25.7 Å². The minimum Gasteiger partial charge on any atom is -0.378 e. The van der Waals surface area contributed by atoms with Crippen molar-refractivity contribution >= 4 is 22.8 Å². The zero-order valence-electron chi connectivity index (χ0n) is 19.2. The van der Waals surface area contributed by atoms with Crippen LogP contribution in [0.4, 0.5) is 20.5 Å². The normalized spacial score (nSPS) is 21.4. The molecule has 1 aliphatic heterocycles. The van der Waals surface area contributed by atoms with Gasteiger partial charge in [0.15, 0.2) is 5.82 Å². The van der Waals surface area contributed by atoms with Crippen LogP contribution in [0.2, 0.25) is 0 Å². The number of fused-ring (bicyclic) bond motifs is 1. The fourth-order valence-electron chi connectivity index (χ4n) is 4.91. The van der Waals surface area contributed by atoms with E-state index in [0.29, 0.717) is 66.8 Å². The Hall–Kier alpha value is -2.85. The average molecular weight is 472 g/mol. The van der Waals surface area contributed by atoms with Crippen LogP contribution in [0.25, 0.3) is 16.9 Å². The van der Waals surface area contributed by atoms with E-state index in [-0.39, 0.29) is 5.82 Å². The fraction of sp³-hybridized carbons (Fsp3) is 0.542. The smallest absolute Gasteiger partial charge is 0.296 e. The maximum atomic E-state index is 14.0. The largest absolute Gasteiger partial charge is 0.378 e. The highest BCUT2D eigenvalue weighted by Crippen LogP contribution is 2.30. The van der Waals surface area contributed by atoms with Crippen LogP contribution in [0, 0.1) is 11.8 Å². The topological polar surface area (TPSA) is 94.1 Å². The van der Waals surface area contributed by atoms with E-state index in [1.54, 1.807) is 24.3 Å². The van der Waals surface area contributed by atoms with Gasteiger partial charge < -0.3 is 20.7 Å². The van der Waals surface area contributed by atoms with Gasteiger partial charge in [-0.05, 0) is 56.2 Å². The maximum Gasteiger partial charge on any atom is 0.296 e. The van der Waals surface area contributed by atoms with Crippen molar-refractivity contribution in [3.8, 4) is 5.82 Å². The summed E-state index contributed by atoms with van der Waals surface area (Å²) in [4.78, 5) is 15.7. The lowest BCUT2D eigenvalue weighted by atomic mass is 9.82. The third-order valence-electron chi connectivity index (χ3n) is 6.89. The SMILES string of the molecule is NC[C@H]1CC[C@H](CNc2nc(N3CCOCC3)cc(-n3c(C(F)F)nc4ccccc43)n2)CC1. The minimum atomic E-state index is -2.73. The van der Waals surface area contributed by atoms with E-state index in [2.05, 4.69) is 20.2 Å². The van der Waals surface area contributed by atoms with Crippen LogP contribution >= 0.6 is 0 Å². The predicted octanol–water partition coefficient (Wildman–Crippen LogP) is 3.77. The summed E-state index contributed by atoms with van der Waals surface area (Å²) < 4.78 is 34.9. The van der Waals surface area contributed by atoms with Crippen LogP contribution in [0.3, 0.4) is 0 Å². The lowest BCUT2D eigenvalue weighted by molar-refractivity contribution is 0.122. The summed E-state index contributed by atoms with van der Waals surface area (Å²) in [6, 6.07) is 8.90. The van der Waals surface area contributed by atoms with Gasteiger partial charge in [-0.3, -0.25) is 4.57 Å². The van der Waals surface area contributed by atoms with Gasteiger partial charge in [-0.15, -0.1) is 0 Å². The van der Waals surface area contributed by atoms with Gasteiger partial charge in [0.05, 0.1) is 24.2 Å². The molecule has 3 N–H and O–H groups in total. The molecule has 3 aromatic rings. The number of benzene rings is 1. The molecule has 0 spiro atoms. The number of alkyl halides is 2. The van der Waals surface area contributed by atoms with Crippen LogP contribution in [0.15, 0.2) is 30.3 Å². The Labute approximate surface area is 197 Å². The third kappa shape index (κ3) is 4.83. The van der Waals surface area contributed by atoms with Crippen molar-refractivity contribution in [1.29, 1.82) is 0 Å². The quantitative estimate of drug-likeness (QED) is 0.542. The summed E-state index contributed by atoms with van der Waals surface area (Å²) in [5.41, 5.74) is 6.93. The second-order valence-electron chi connectivity index (χ2n) is 9.11. The number of hydrogen-bond donors (Lipinski definition) is 2. The summed E-state index contributed by atoms with van der Waals surface area (Å²) in [7, 11) is 0. The Morgan fingerprint density at radius 3 is 2.44 bits per heavy atom. The molecule has 0 unspecified atom stereocenters. The van der Waals surface area contributed by atoms with Crippen LogP contribution in [0.1, 0.15) is 37.9 Å². The van der Waals surface area contributed by atoms with Crippen LogP contribution in [-0.2, 0) is 4.74 Å². The number of ether oxygens (including phenoxy) is 1. The van der Waals surface area contributed by atoms with Gasteiger partial charge in [0.2, 0.25) is 5.95 Å². The summed E-state index contributed by atoms with van der Waals surface area (Å²) in [6.45, 7) is 4.07. The van der Waals surface area contributed by atoms with Crippen LogP contribution in [-0.4, -0.2) is 58.9 Å². The highest BCUT2D eigenvalue weighted by atomic mass is 19.3. The second kappa shape index (κ2) is 10.2. The van der Waals surface area contributed by atoms with Crippen LogP contribution < -0.4 is 16.0 Å². The van der Waals surface area contributed by atoms with E-state index in [1.807, 2.05) is 6.07 Å². The molecule has 8 nitrogen and oxygen atoms in total. The summed E-state index contributed by atoms with van der Waals surface area (Å²) in [5, 5.41) is 3.39. The summed E-state index contributed by atoms with van der Waals surface area (Å²) in [6.07, 6.45) is 1.78. The highest BCUT2D eigenvalue weighted by Gasteiger charge is 2.24. The third-order valence-corrected chi connectivity index (χ3v) is 6.89. The van der Waals surface area contributed by atoms with Gasteiger partial charge in [-0.2, -0.15) is 9.97 Å². The van der Waals surface area contributed by atoms with Gasteiger partial charge in [0.1, 0.15) is 11.6 Å². The van der Waals surface area contributed by atoms with Gasteiger partial charge in [0.25, 0.3) is 6.43 Å². The molecule has 0 radical (unpaired) electrons. The van der Waals surface area contributed by atoms with Gasteiger partial charge in [-0.1, -0.05) is 12.1 Å². The summed E-state index contributed by atoms with van der Waals surface area (Å²) in [5.74, 6) is 2.34. The Kier molecular flexibility index (Phi) is 6.87. The van der Waals surface area contributed by atoms with E-state index < -0.39 is 6.43 Å². The lowest BCUT2D eigenvalue weighted by Crippen LogP contribution is -2.37. The molecule has 0 amide bonds. The molecule has 3 heterocycles. The first-order valence-electron chi connectivity index (χ1n) is 12.0. The van der Waals surface area contributed by atoms with E-state index >= 15 is 0 Å². The zero-order chi connectivity index (χ0) is 23.5. The highest BCUT2D eigenvalue weighted by molar-refractivity contribution is 5.78. The Morgan fingerprint density at radius 2 is 1.71 bits per heavy atom. The number of rotatable bonds is 7. The number of halogens is 2. The molecule has 0 atom stereocenters. The van der Waals surface area contributed by atoms with Crippen molar-refractivity contribution in [2.75, 3.05) is 49.6 Å². The molecule has 0 bridgehead atoms. The molecular weight excluding hydrogens is 440 g/mol. The van der Waals surface area contributed by atoms with Crippen molar-refractivity contribution in [1.82, 2.24) is 19.5 Å². The van der Waals surface area contributed by atoms with Crippen molar-refractivity contribution in [3.05, 3.63) is 36.2 Å². The standard InChI is InChI=1S/C24H31F2N7O/c25-22(26)23-29-18-3-1-2-4-19(18)33(23)21-13-20(32-9-11-34-12-10-32)30-24(31-21)28-15-17-7-5-16(14-27)6-8-17/h1-4,13,16-17,22H,5-12,14-15,27H2,(H,28,30,31)/t16-,17-. The lowest BCUT2D eigenvalue weighted by Gasteiger charge is -2.29. The first-order valence-corrected chi connectivity index (χ1v) is 12.0. The van der Waals surface area contributed by atoms with Crippen molar-refractivity contribution < 1.29 is 13.5 Å². The maximum absolute atomic E-state index is 14.0. The number of nitrogens with zero attached hydrogens (tertiary/aromatic N) is 5. The molecule has 2 aromatic heterocycles. The predicted molar refractivity (Wildman–Crippen MR) is 128 cm³/mol. The number of hydrogen-bond acceptors (Lipinski definition) is 7. The molecule has 5 rings (SSSR count). The monoisotopic (exact) mass is 471 g/mol. The molecule has 34 heavy (non-hydrogen) atoms. The van der Waals surface area contributed by atoms with E-state index in [1.165, 1.54) is 4.57 Å². The molecular formula is C24H31F2N7O. The first kappa shape index (κ1) is 22.9. The molecule has 1 saturated heterocycles. The number of aromatic nitrogens is 4.